The van der Waals surface area contributed by atoms with E-state index in [0.717, 1.165) is 0 Å². The van der Waals surface area contributed by atoms with Crippen LogP contribution in [0.3, 0.4) is 0 Å². The maximum Gasteiger partial charge on any atom is 0.311 e. The molecule has 0 spiro atoms. The summed E-state index contributed by atoms with van der Waals surface area (Å²) in [7, 11) is 0. The molecular formula is C24H19BrCl3NO4. The number of nitrogens with zero attached hydrogens (tertiary/aromatic N) is 1. The van der Waals surface area contributed by atoms with Crippen molar-refractivity contribution in [2.45, 2.75) is 23.7 Å². The Morgan fingerprint density at radius 3 is 2.36 bits per heavy atom. The molecule has 0 bridgehead atoms. The average Bonchev–Trinajstić information content (AvgIpc) is 3.31. The minimum absolute atomic E-state index is 0.0680. The Labute approximate surface area is 215 Å². The van der Waals surface area contributed by atoms with E-state index in [0.29, 0.717) is 17.1 Å². The van der Waals surface area contributed by atoms with Gasteiger partial charge in [0.15, 0.2) is 0 Å². The Balaban J connectivity index is 1.72. The number of ether oxygens (including phenoxy) is 2. The first-order valence-electron chi connectivity index (χ1n) is 9.87. The minimum atomic E-state index is -2.11. The van der Waals surface area contributed by atoms with Gasteiger partial charge in [0.25, 0.3) is 3.79 Å². The number of para-hydroxylation sites is 1. The molecule has 172 valence electrons. The Bertz CT molecular complexity index is 1120. The van der Waals surface area contributed by atoms with Gasteiger partial charge >= 0.3 is 5.97 Å². The number of allylic oxidation sites excluding steroid dienone is 2. The molecule has 2 aromatic rings. The van der Waals surface area contributed by atoms with Crippen molar-refractivity contribution >= 4 is 62.5 Å². The monoisotopic (exact) mass is 569 g/mol. The van der Waals surface area contributed by atoms with Gasteiger partial charge in [-0.15, -0.1) is 0 Å². The number of carbonyl (C=O) groups is 2. The van der Waals surface area contributed by atoms with Gasteiger partial charge in [0.2, 0.25) is 11.9 Å². The number of halogens is 4. The SMILES string of the molecule is CC1(C)C(/C=C(/Br)C(=O)C(Cl)(Cl)Cl)C1C(=O)OC(C#N)c1cccc(Oc2ccccc2)c1. The van der Waals surface area contributed by atoms with E-state index >= 15 is 0 Å². The molecule has 1 fully saturated rings. The maximum absolute atomic E-state index is 12.9. The van der Waals surface area contributed by atoms with Gasteiger partial charge in [-0.2, -0.15) is 5.26 Å². The van der Waals surface area contributed by atoms with E-state index in [1.807, 2.05) is 50.2 Å². The molecule has 9 heteroatoms. The first-order chi connectivity index (χ1) is 15.4. The van der Waals surface area contributed by atoms with Crippen LogP contribution in [0.15, 0.2) is 65.2 Å². The van der Waals surface area contributed by atoms with Crippen molar-refractivity contribution in [3.8, 4) is 17.6 Å². The predicted octanol–water partition coefficient (Wildman–Crippen LogP) is 7.08. The lowest BCUT2D eigenvalue weighted by Gasteiger charge is -2.13. The van der Waals surface area contributed by atoms with Crippen LogP contribution < -0.4 is 4.74 Å². The molecule has 1 saturated carbocycles. The van der Waals surface area contributed by atoms with Crippen LogP contribution in [-0.2, 0) is 14.3 Å². The number of benzene rings is 2. The molecule has 0 N–H and O–H groups in total. The fourth-order valence-electron chi connectivity index (χ4n) is 3.53. The fraction of sp³-hybridized carbons (Fsp3) is 0.292. The van der Waals surface area contributed by atoms with Crippen molar-refractivity contribution in [3.05, 3.63) is 70.7 Å². The molecular weight excluding hydrogens is 553 g/mol. The van der Waals surface area contributed by atoms with E-state index in [-0.39, 0.29) is 10.4 Å². The third-order valence-electron chi connectivity index (χ3n) is 5.46. The van der Waals surface area contributed by atoms with Crippen LogP contribution in [-0.4, -0.2) is 15.5 Å². The molecule has 3 atom stereocenters. The van der Waals surface area contributed by atoms with Crippen molar-refractivity contribution < 1.29 is 19.1 Å². The summed E-state index contributed by atoms with van der Waals surface area (Å²) in [5.41, 5.74) is -0.0141. The zero-order chi connectivity index (χ0) is 24.4. The molecule has 0 aromatic heterocycles. The standard InChI is InChI=1S/C24H19BrCl3NO4/c1-23(2)17(12-18(25)21(30)24(26,27)28)20(23)22(31)33-19(13-29)14-7-6-10-16(11-14)32-15-8-4-3-5-9-15/h3-12,17,19-20H,1-2H3/b18-12+. The van der Waals surface area contributed by atoms with E-state index < -0.39 is 33.0 Å². The summed E-state index contributed by atoms with van der Waals surface area (Å²) in [6.45, 7) is 3.71. The Morgan fingerprint density at radius 1 is 1.12 bits per heavy atom. The normalized spacial score (nSPS) is 20.3. The van der Waals surface area contributed by atoms with Gasteiger partial charge < -0.3 is 9.47 Å². The highest BCUT2D eigenvalue weighted by atomic mass is 79.9. The highest BCUT2D eigenvalue weighted by Crippen LogP contribution is 2.60. The van der Waals surface area contributed by atoms with Crippen molar-refractivity contribution in [3.63, 3.8) is 0 Å². The smallest absolute Gasteiger partial charge is 0.311 e. The highest BCUT2D eigenvalue weighted by Gasteiger charge is 2.62. The number of rotatable bonds is 7. The van der Waals surface area contributed by atoms with Crippen LogP contribution in [0.25, 0.3) is 0 Å². The van der Waals surface area contributed by atoms with Gasteiger partial charge in [-0.05, 0) is 51.5 Å². The summed E-state index contributed by atoms with van der Waals surface area (Å²) < 4.78 is 9.28. The number of hydrogen-bond acceptors (Lipinski definition) is 5. The summed E-state index contributed by atoms with van der Waals surface area (Å²) in [5, 5.41) is 9.64. The second kappa shape index (κ2) is 10.1. The lowest BCUT2D eigenvalue weighted by molar-refractivity contribution is -0.149. The molecule has 3 rings (SSSR count). The number of Topliss-reactive ketones (excluding diaryl/α,β-unsaturated/α-hetero) is 1. The van der Waals surface area contributed by atoms with Crippen molar-refractivity contribution in [2.75, 3.05) is 0 Å². The molecule has 0 radical (unpaired) electrons. The summed E-state index contributed by atoms with van der Waals surface area (Å²) >= 11 is 20.1. The number of carbonyl (C=O) groups excluding carboxylic acids is 2. The summed E-state index contributed by atoms with van der Waals surface area (Å²) in [6.07, 6.45) is 0.426. The first-order valence-corrected chi connectivity index (χ1v) is 11.8. The van der Waals surface area contributed by atoms with Gasteiger partial charge in [0.05, 0.1) is 10.4 Å². The van der Waals surface area contributed by atoms with Gasteiger partial charge in [-0.25, -0.2) is 0 Å². The minimum Gasteiger partial charge on any atom is -0.457 e. The van der Waals surface area contributed by atoms with Crippen LogP contribution in [0.5, 0.6) is 11.5 Å². The fourth-order valence-corrected chi connectivity index (χ4v) is 4.76. The van der Waals surface area contributed by atoms with Gasteiger partial charge in [-0.1, -0.05) is 85.1 Å². The van der Waals surface area contributed by atoms with E-state index in [2.05, 4.69) is 15.9 Å². The van der Waals surface area contributed by atoms with Gasteiger partial charge in [0, 0.05) is 5.56 Å². The summed E-state index contributed by atoms with van der Waals surface area (Å²) in [4.78, 5) is 25.0. The molecule has 5 nitrogen and oxygen atoms in total. The molecule has 0 saturated heterocycles. The Morgan fingerprint density at radius 2 is 1.76 bits per heavy atom. The zero-order valence-electron chi connectivity index (χ0n) is 17.6. The molecule has 1 aliphatic rings. The first kappa shape index (κ1) is 25.6. The zero-order valence-corrected chi connectivity index (χ0v) is 21.5. The molecule has 0 aliphatic heterocycles. The summed E-state index contributed by atoms with van der Waals surface area (Å²) in [6, 6.07) is 18.0. The molecule has 0 heterocycles. The van der Waals surface area contributed by atoms with E-state index in [9.17, 15) is 14.9 Å². The van der Waals surface area contributed by atoms with E-state index in [1.54, 1.807) is 30.3 Å². The largest absolute Gasteiger partial charge is 0.457 e. The van der Waals surface area contributed by atoms with E-state index in [4.69, 9.17) is 44.3 Å². The average molecular weight is 572 g/mol. The molecule has 2 aromatic carbocycles. The quantitative estimate of drug-likeness (QED) is 0.202. The maximum atomic E-state index is 12.9. The lowest BCUT2D eigenvalue weighted by Crippen LogP contribution is -2.18. The third kappa shape index (κ3) is 6.10. The predicted molar refractivity (Wildman–Crippen MR) is 130 cm³/mol. The molecule has 33 heavy (non-hydrogen) atoms. The van der Waals surface area contributed by atoms with Crippen LogP contribution in [0.4, 0.5) is 0 Å². The second-order valence-electron chi connectivity index (χ2n) is 8.10. The van der Waals surface area contributed by atoms with Crippen LogP contribution >= 0.6 is 50.7 Å². The number of esters is 1. The van der Waals surface area contributed by atoms with Gasteiger partial charge in [0.1, 0.15) is 17.6 Å². The second-order valence-corrected chi connectivity index (χ2v) is 11.2. The highest BCUT2D eigenvalue weighted by molar-refractivity contribution is 9.12. The van der Waals surface area contributed by atoms with Gasteiger partial charge in [-0.3, -0.25) is 9.59 Å². The van der Waals surface area contributed by atoms with Crippen LogP contribution in [0, 0.1) is 28.6 Å². The third-order valence-corrected chi connectivity index (χ3v) is 6.60. The topological polar surface area (TPSA) is 76.4 Å². The van der Waals surface area contributed by atoms with Crippen LogP contribution in [0.2, 0.25) is 0 Å². The summed E-state index contributed by atoms with van der Waals surface area (Å²) in [5.74, 6) is -1.02. The number of hydrogen-bond donors (Lipinski definition) is 0. The van der Waals surface area contributed by atoms with E-state index in [1.165, 1.54) is 0 Å². The van der Waals surface area contributed by atoms with Crippen molar-refractivity contribution in [2.24, 2.45) is 17.3 Å². The molecule has 1 aliphatic carbocycles. The Kier molecular flexibility index (Phi) is 7.80. The van der Waals surface area contributed by atoms with Crippen molar-refractivity contribution in [1.29, 1.82) is 5.26 Å². The number of alkyl halides is 3. The van der Waals surface area contributed by atoms with Crippen molar-refractivity contribution in [1.82, 2.24) is 0 Å². The number of nitriles is 1. The number of ketones is 1. The molecule has 0 amide bonds. The van der Waals surface area contributed by atoms with Crippen LogP contribution in [0.1, 0.15) is 25.5 Å². The lowest BCUT2D eigenvalue weighted by atomic mass is 10.1. The molecule has 3 unspecified atom stereocenters. The Hall–Kier alpha value is -2.04.